The summed E-state index contributed by atoms with van der Waals surface area (Å²) in [5.41, 5.74) is 0.451. The van der Waals surface area contributed by atoms with Gasteiger partial charge < -0.3 is 15.4 Å². The molecule has 1 amide bonds. The van der Waals surface area contributed by atoms with Crippen LogP contribution in [0.4, 0.5) is 0 Å². The number of carboxylic acids is 1. The van der Waals surface area contributed by atoms with Gasteiger partial charge in [-0.1, -0.05) is 32.1 Å². The normalized spacial score (nSPS) is 20.0. The highest BCUT2D eigenvalue weighted by Gasteiger charge is 2.41. The van der Waals surface area contributed by atoms with Gasteiger partial charge in [-0.15, -0.1) is 0 Å². The third-order valence-electron chi connectivity index (χ3n) is 6.14. The van der Waals surface area contributed by atoms with Crippen LogP contribution in [0.1, 0.15) is 74.2 Å². The van der Waals surface area contributed by atoms with Crippen LogP contribution < -0.4 is 11.0 Å². The molecule has 0 atom stereocenters. The van der Waals surface area contributed by atoms with Gasteiger partial charge in [0.15, 0.2) is 0 Å². The molecule has 2 saturated carbocycles. The lowest BCUT2D eigenvalue weighted by Gasteiger charge is -2.34. The number of imidazole rings is 1. The number of carbonyl (C=O) groups excluding carboxylic acids is 1. The van der Waals surface area contributed by atoms with Gasteiger partial charge in [-0.05, 0) is 43.9 Å². The van der Waals surface area contributed by atoms with E-state index in [0.717, 1.165) is 50.5 Å². The van der Waals surface area contributed by atoms with Crippen LogP contribution in [0.15, 0.2) is 23.0 Å². The predicted molar refractivity (Wildman–Crippen MR) is 101 cm³/mol. The molecule has 0 saturated heterocycles. The van der Waals surface area contributed by atoms with Crippen LogP contribution in [0.25, 0.3) is 11.0 Å². The molecule has 1 aromatic carbocycles. The molecule has 2 aromatic rings. The molecule has 2 fully saturated rings. The summed E-state index contributed by atoms with van der Waals surface area (Å²) in [5.74, 6) is -1.38. The van der Waals surface area contributed by atoms with Crippen molar-refractivity contribution in [1.29, 1.82) is 0 Å². The Balaban J connectivity index is 1.63. The largest absolute Gasteiger partial charge is 0.480 e. The number of aliphatic carboxylic acids is 1. The fourth-order valence-electron chi connectivity index (χ4n) is 4.63. The second-order valence-electron chi connectivity index (χ2n) is 7.87. The zero-order chi connectivity index (χ0) is 19.0. The number of aromatic amines is 1. The number of hydrogen-bond acceptors (Lipinski definition) is 3. The summed E-state index contributed by atoms with van der Waals surface area (Å²) in [6.07, 6.45) is 7.73. The van der Waals surface area contributed by atoms with Gasteiger partial charge in [0.05, 0.1) is 11.0 Å². The smallest absolute Gasteiger partial charge is 0.329 e. The number of carbonyl (C=O) groups is 2. The lowest BCUT2D eigenvalue weighted by atomic mass is 9.81. The first-order chi connectivity index (χ1) is 13.0. The van der Waals surface area contributed by atoms with Crippen molar-refractivity contribution >= 4 is 22.9 Å². The number of hydrogen-bond donors (Lipinski definition) is 3. The van der Waals surface area contributed by atoms with Gasteiger partial charge in [-0.3, -0.25) is 9.36 Å². The van der Waals surface area contributed by atoms with Crippen molar-refractivity contribution in [2.75, 3.05) is 0 Å². The summed E-state index contributed by atoms with van der Waals surface area (Å²) < 4.78 is 1.80. The third-order valence-corrected chi connectivity index (χ3v) is 6.14. The second kappa shape index (κ2) is 6.87. The van der Waals surface area contributed by atoms with Crippen LogP contribution in [-0.2, 0) is 4.79 Å². The Morgan fingerprint density at radius 1 is 1.11 bits per heavy atom. The van der Waals surface area contributed by atoms with Gasteiger partial charge in [0.2, 0.25) is 0 Å². The molecule has 2 aliphatic carbocycles. The van der Waals surface area contributed by atoms with E-state index in [9.17, 15) is 19.5 Å². The monoisotopic (exact) mass is 371 g/mol. The highest BCUT2D eigenvalue weighted by molar-refractivity contribution is 6.00. The average molecular weight is 371 g/mol. The SMILES string of the molecule is O=C(NC1(C(=O)O)CCCCC1)c1ccc2c(c1)[nH]c(=O)n2C1CCCC1. The number of aromatic nitrogens is 2. The number of nitrogens with one attached hydrogen (secondary N) is 2. The minimum atomic E-state index is -1.19. The van der Waals surface area contributed by atoms with Crippen LogP contribution >= 0.6 is 0 Å². The maximum absolute atomic E-state index is 12.7. The Morgan fingerprint density at radius 3 is 2.48 bits per heavy atom. The molecule has 3 N–H and O–H groups in total. The molecule has 2 aliphatic rings. The lowest BCUT2D eigenvalue weighted by molar-refractivity contribution is -0.145. The molecule has 0 spiro atoms. The molecule has 0 bridgehead atoms. The summed E-state index contributed by atoms with van der Waals surface area (Å²) in [6, 6.07) is 5.32. The minimum absolute atomic E-state index is 0.149. The van der Waals surface area contributed by atoms with Gasteiger partial charge in [0.1, 0.15) is 5.54 Å². The van der Waals surface area contributed by atoms with Crippen molar-refractivity contribution in [3.63, 3.8) is 0 Å². The van der Waals surface area contributed by atoms with Gasteiger partial charge in [-0.2, -0.15) is 0 Å². The Labute approximate surface area is 156 Å². The Kier molecular flexibility index (Phi) is 4.53. The van der Waals surface area contributed by atoms with E-state index in [1.54, 1.807) is 22.8 Å². The molecule has 0 aliphatic heterocycles. The molecule has 0 radical (unpaired) electrons. The molecule has 27 heavy (non-hydrogen) atoms. The molecular formula is C20H25N3O4. The van der Waals surface area contributed by atoms with E-state index in [2.05, 4.69) is 10.3 Å². The number of fused-ring (bicyclic) bond motifs is 1. The van der Waals surface area contributed by atoms with E-state index in [1.807, 2.05) is 0 Å². The number of benzene rings is 1. The molecule has 1 aromatic heterocycles. The Morgan fingerprint density at radius 2 is 1.81 bits per heavy atom. The summed E-state index contributed by atoms with van der Waals surface area (Å²) in [4.78, 5) is 39.8. The van der Waals surface area contributed by atoms with Gasteiger partial charge in [-0.25, -0.2) is 9.59 Å². The predicted octanol–water partition coefficient (Wildman–Crippen LogP) is 2.96. The van der Waals surface area contributed by atoms with Crippen molar-refractivity contribution in [2.45, 2.75) is 69.4 Å². The van der Waals surface area contributed by atoms with Crippen LogP contribution in [-0.4, -0.2) is 32.1 Å². The summed E-state index contributed by atoms with van der Waals surface area (Å²) >= 11 is 0. The highest BCUT2D eigenvalue weighted by atomic mass is 16.4. The van der Waals surface area contributed by atoms with E-state index in [0.29, 0.717) is 23.9 Å². The fraction of sp³-hybridized carbons (Fsp3) is 0.550. The van der Waals surface area contributed by atoms with Crippen LogP contribution in [0.3, 0.4) is 0 Å². The Hall–Kier alpha value is -2.57. The Bertz CT molecular complexity index is 930. The average Bonchev–Trinajstić information content (AvgIpc) is 3.28. The first-order valence-corrected chi connectivity index (χ1v) is 9.80. The molecule has 0 unspecified atom stereocenters. The first kappa shape index (κ1) is 17.8. The molecule has 4 rings (SSSR count). The van der Waals surface area contributed by atoms with Gasteiger partial charge in [0, 0.05) is 11.6 Å². The molecule has 144 valence electrons. The summed E-state index contributed by atoms with van der Waals surface area (Å²) in [7, 11) is 0. The first-order valence-electron chi connectivity index (χ1n) is 9.80. The molecule has 7 heteroatoms. The number of nitrogens with zero attached hydrogens (tertiary/aromatic N) is 1. The molecule has 1 heterocycles. The van der Waals surface area contributed by atoms with E-state index in [1.165, 1.54) is 0 Å². The van der Waals surface area contributed by atoms with E-state index < -0.39 is 17.4 Å². The maximum Gasteiger partial charge on any atom is 0.329 e. The number of H-pyrrole nitrogens is 1. The molecule has 7 nitrogen and oxygen atoms in total. The van der Waals surface area contributed by atoms with Gasteiger partial charge in [0.25, 0.3) is 5.91 Å². The minimum Gasteiger partial charge on any atom is -0.480 e. The van der Waals surface area contributed by atoms with Crippen molar-refractivity contribution in [3.8, 4) is 0 Å². The zero-order valence-electron chi connectivity index (χ0n) is 15.3. The van der Waals surface area contributed by atoms with Gasteiger partial charge >= 0.3 is 11.7 Å². The van der Waals surface area contributed by atoms with E-state index in [-0.39, 0.29) is 11.7 Å². The van der Waals surface area contributed by atoms with Crippen LogP contribution in [0.2, 0.25) is 0 Å². The zero-order valence-corrected chi connectivity index (χ0v) is 15.3. The van der Waals surface area contributed by atoms with Crippen molar-refractivity contribution in [2.24, 2.45) is 0 Å². The van der Waals surface area contributed by atoms with Crippen molar-refractivity contribution in [1.82, 2.24) is 14.9 Å². The maximum atomic E-state index is 12.7. The van der Waals surface area contributed by atoms with E-state index in [4.69, 9.17) is 0 Å². The fourth-order valence-corrected chi connectivity index (χ4v) is 4.63. The third kappa shape index (κ3) is 3.15. The van der Waals surface area contributed by atoms with Crippen LogP contribution in [0, 0.1) is 0 Å². The quantitative estimate of drug-likeness (QED) is 0.768. The molecular weight excluding hydrogens is 346 g/mol. The summed E-state index contributed by atoms with van der Waals surface area (Å²) in [5, 5.41) is 12.4. The van der Waals surface area contributed by atoms with Crippen LogP contribution in [0.5, 0.6) is 0 Å². The van der Waals surface area contributed by atoms with Crippen molar-refractivity contribution in [3.05, 3.63) is 34.2 Å². The second-order valence-corrected chi connectivity index (χ2v) is 7.87. The van der Waals surface area contributed by atoms with E-state index >= 15 is 0 Å². The highest BCUT2D eigenvalue weighted by Crippen LogP contribution is 2.31. The topological polar surface area (TPSA) is 104 Å². The van der Waals surface area contributed by atoms with Crippen molar-refractivity contribution < 1.29 is 14.7 Å². The summed E-state index contributed by atoms with van der Waals surface area (Å²) in [6.45, 7) is 0. The lowest BCUT2D eigenvalue weighted by Crippen LogP contribution is -2.55. The number of carboxylic acid groups (broad SMARTS) is 1. The number of rotatable bonds is 4. The number of amides is 1. The standard InChI is InChI=1S/C20H25N3O4/c24-17(22-20(18(25)26)10-4-1-5-11-20)13-8-9-16-15(12-13)21-19(27)23(16)14-6-2-3-7-14/h8-9,12,14H,1-7,10-11H2,(H,21,27)(H,22,24)(H,25,26).